The fourth-order valence-corrected chi connectivity index (χ4v) is 4.02. The molecule has 3 aromatic rings. The number of imide groups is 1. The third-order valence-corrected chi connectivity index (χ3v) is 5.71. The molecule has 2 aromatic carbocycles. The van der Waals surface area contributed by atoms with Gasteiger partial charge in [-0.15, -0.1) is 0 Å². The van der Waals surface area contributed by atoms with Gasteiger partial charge in [-0.05, 0) is 36.4 Å². The van der Waals surface area contributed by atoms with Crippen molar-refractivity contribution in [2.45, 2.75) is 18.6 Å². The molecule has 0 aliphatic carbocycles. The maximum atomic E-state index is 13.5. The van der Waals surface area contributed by atoms with Crippen molar-refractivity contribution in [2.24, 2.45) is 10.3 Å². The first kappa shape index (κ1) is 19.6. The van der Waals surface area contributed by atoms with E-state index in [-0.39, 0.29) is 29.9 Å². The van der Waals surface area contributed by atoms with Crippen molar-refractivity contribution in [1.82, 2.24) is 15.1 Å². The lowest BCUT2D eigenvalue weighted by atomic mass is 10.1. The van der Waals surface area contributed by atoms with Crippen LogP contribution in [-0.4, -0.2) is 45.8 Å². The third-order valence-electron chi connectivity index (χ3n) is 5.42. The molecular weight excluding hydrogens is 459 g/mol. The molecule has 0 N–H and O–H groups in total. The summed E-state index contributed by atoms with van der Waals surface area (Å²) in [6.07, 6.45) is 0. The van der Waals surface area contributed by atoms with Crippen molar-refractivity contribution < 1.29 is 28.0 Å². The summed E-state index contributed by atoms with van der Waals surface area (Å²) < 4.78 is 29.5. The smallest absolute Gasteiger partial charge is 0.263 e. The van der Waals surface area contributed by atoms with Gasteiger partial charge < -0.3 is 14.0 Å². The minimum Gasteiger partial charge on any atom is -0.454 e. The van der Waals surface area contributed by atoms with Gasteiger partial charge in [-0.1, -0.05) is 22.0 Å². The van der Waals surface area contributed by atoms with E-state index in [0.29, 0.717) is 22.9 Å². The number of ether oxygens (including phenoxy) is 2. The van der Waals surface area contributed by atoms with Gasteiger partial charge in [0, 0.05) is 5.56 Å². The number of aromatic nitrogens is 2. The van der Waals surface area contributed by atoms with E-state index < -0.39 is 29.7 Å². The van der Waals surface area contributed by atoms with Crippen molar-refractivity contribution in [3.05, 3.63) is 53.1 Å². The van der Waals surface area contributed by atoms with Crippen LogP contribution in [0.15, 0.2) is 51.3 Å². The van der Waals surface area contributed by atoms with E-state index in [1.54, 1.807) is 18.2 Å². The number of amides is 2. The van der Waals surface area contributed by atoms with Crippen LogP contribution in [0.2, 0.25) is 5.02 Å². The summed E-state index contributed by atoms with van der Waals surface area (Å²) in [6.45, 7) is 0.103. The molecule has 13 heteroatoms. The largest absolute Gasteiger partial charge is 0.454 e. The zero-order chi connectivity index (χ0) is 22.7. The SMILES string of the molecule is O=C1C2N=NN(Cc3nc(-c4ccc5c(c4)OCO5)no3)C2C(=O)N1c1ccc(F)c(Cl)c1. The number of carbonyl (C=O) groups excluding carboxylic acids is 2. The summed E-state index contributed by atoms with van der Waals surface area (Å²) in [4.78, 5) is 31.1. The predicted octanol–water partition coefficient (Wildman–Crippen LogP) is 2.75. The molecule has 0 saturated carbocycles. The number of rotatable bonds is 4. The molecule has 33 heavy (non-hydrogen) atoms. The molecule has 166 valence electrons. The summed E-state index contributed by atoms with van der Waals surface area (Å²) in [5, 5.41) is 13.0. The highest BCUT2D eigenvalue weighted by Crippen LogP contribution is 2.36. The van der Waals surface area contributed by atoms with Crippen LogP contribution < -0.4 is 14.4 Å². The van der Waals surface area contributed by atoms with Crippen LogP contribution in [0.25, 0.3) is 11.4 Å². The topological polar surface area (TPSA) is 123 Å². The molecule has 1 fully saturated rings. The van der Waals surface area contributed by atoms with Crippen LogP contribution in [0.4, 0.5) is 10.1 Å². The normalized spacial score (nSPS) is 20.8. The lowest BCUT2D eigenvalue weighted by Crippen LogP contribution is -2.39. The number of hydrogen-bond acceptors (Lipinski definition) is 10. The first-order valence-electron chi connectivity index (χ1n) is 9.72. The number of halogens is 2. The van der Waals surface area contributed by atoms with Gasteiger partial charge in [-0.3, -0.25) is 14.6 Å². The van der Waals surface area contributed by atoms with Crippen molar-refractivity contribution >= 4 is 29.1 Å². The fourth-order valence-electron chi connectivity index (χ4n) is 3.84. The van der Waals surface area contributed by atoms with Crippen molar-refractivity contribution in [1.29, 1.82) is 0 Å². The van der Waals surface area contributed by atoms with Crippen LogP contribution in [0.5, 0.6) is 11.5 Å². The van der Waals surface area contributed by atoms with Gasteiger partial charge in [0.25, 0.3) is 11.8 Å². The Morgan fingerprint density at radius 2 is 1.94 bits per heavy atom. The molecule has 3 aliphatic heterocycles. The van der Waals surface area contributed by atoms with Gasteiger partial charge in [0.2, 0.25) is 18.5 Å². The van der Waals surface area contributed by atoms with Crippen LogP contribution >= 0.6 is 11.6 Å². The monoisotopic (exact) mass is 470 g/mol. The molecule has 0 bridgehead atoms. The highest BCUT2D eigenvalue weighted by Gasteiger charge is 2.55. The highest BCUT2D eigenvalue weighted by molar-refractivity contribution is 6.32. The number of fused-ring (bicyclic) bond motifs is 2. The quantitative estimate of drug-likeness (QED) is 0.533. The average Bonchev–Trinajstić information content (AvgIpc) is 3.57. The van der Waals surface area contributed by atoms with Crippen molar-refractivity contribution in [2.75, 3.05) is 11.7 Å². The Hall–Kier alpha value is -4.06. The predicted molar refractivity (Wildman–Crippen MR) is 108 cm³/mol. The van der Waals surface area contributed by atoms with Crippen molar-refractivity contribution in [3.8, 4) is 22.9 Å². The second-order valence-corrected chi connectivity index (χ2v) is 7.79. The summed E-state index contributed by atoms with van der Waals surface area (Å²) in [5.41, 5.74) is 0.811. The van der Waals surface area contributed by atoms with Gasteiger partial charge in [-0.25, -0.2) is 9.29 Å². The molecule has 3 aliphatic rings. The molecule has 1 saturated heterocycles. The number of hydrogen-bond donors (Lipinski definition) is 0. The summed E-state index contributed by atoms with van der Waals surface area (Å²) >= 11 is 5.81. The van der Waals surface area contributed by atoms with E-state index in [0.717, 1.165) is 11.0 Å². The zero-order valence-corrected chi connectivity index (χ0v) is 17.3. The molecule has 11 nitrogen and oxygen atoms in total. The van der Waals surface area contributed by atoms with E-state index in [4.69, 9.17) is 25.6 Å². The van der Waals surface area contributed by atoms with Gasteiger partial charge in [0.1, 0.15) is 12.4 Å². The molecule has 0 radical (unpaired) electrons. The van der Waals surface area contributed by atoms with Gasteiger partial charge in [0.05, 0.1) is 10.7 Å². The molecule has 2 atom stereocenters. The van der Waals surface area contributed by atoms with Crippen LogP contribution in [0, 0.1) is 5.82 Å². The Labute approximate surface area is 189 Å². The Morgan fingerprint density at radius 1 is 1.09 bits per heavy atom. The Kier molecular flexibility index (Phi) is 4.30. The zero-order valence-electron chi connectivity index (χ0n) is 16.5. The molecule has 6 rings (SSSR count). The maximum Gasteiger partial charge on any atom is 0.263 e. The lowest BCUT2D eigenvalue weighted by Gasteiger charge is -2.19. The average molecular weight is 471 g/mol. The molecule has 4 heterocycles. The van der Waals surface area contributed by atoms with Crippen LogP contribution in [0.3, 0.4) is 0 Å². The minimum atomic E-state index is -1.03. The Balaban J connectivity index is 1.22. The van der Waals surface area contributed by atoms with Crippen LogP contribution in [-0.2, 0) is 16.1 Å². The highest BCUT2D eigenvalue weighted by atomic mass is 35.5. The second-order valence-electron chi connectivity index (χ2n) is 7.38. The number of benzene rings is 2. The Morgan fingerprint density at radius 3 is 2.79 bits per heavy atom. The minimum absolute atomic E-state index is 0.0424. The van der Waals surface area contributed by atoms with Gasteiger partial charge >= 0.3 is 0 Å². The molecule has 2 amide bonds. The van der Waals surface area contributed by atoms with Gasteiger partial charge in [-0.2, -0.15) is 10.1 Å². The number of carbonyl (C=O) groups is 2. The van der Waals surface area contributed by atoms with Crippen molar-refractivity contribution in [3.63, 3.8) is 0 Å². The van der Waals surface area contributed by atoms with E-state index >= 15 is 0 Å². The van der Waals surface area contributed by atoms with E-state index in [2.05, 4.69) is 20.5 Å². The summed E-state index contributed by atoms with van der Waals surface area (Å²) in [7, 11) is 0. The van der Waals surface area contributed by atoms with E-state index in [1.807, 2.05) is 0 Å². The Bertz CT molecular complexity index is 1350. The standard InChI is InChI=1S/C20H12ClFN6O5/c21-11-6-10(2-3-12(11)22)28-19(29)16-17(20(28)30)27(26-24-16)7-15-23-18(25-33-15)9-1-4-13-14(5-9)32-8-31-13/h1-6,16-17H,7-8H2. The van der Waals surface area contributed by atoms with E-state index in [9.17, 15) is 14.0 Å². The lowest BCUT2D eigenvalue weighted by molar-refractivity contribution is -0.123. The first-order chi connectivity index (χ1) is 16.0. The molecule has 1 aromatic heterocycles. The second kappa shape index (κ2) is 7.24. The van der Waals surface area contributed by atoms with Gasteiger partial charge in [0.15, 0.2) is 23.6 Å². The first-order valence-corrected chi connectivity index (χ1v) is 10.1. The summed E-state index contributed by atoms with van der Waals surface area (Å²) in [6, 6.07) is 6.82. The van der Waals surface area contributed by atoms with Crippen LogP contribution in [0.1, 0.15) is 5.89 Å². The number of nitrogens with zero attached hydrogens (tertiary/aromatic N) is 6. The molecule has 0 spiro atoms. The van der Waals surface area contributed by atoms with E-state index in [1.165, 1.54) is 17.1 Å². The third kappa shape index (κ3) is 3.09. The fraction of sp³-hybridized carbons (Fsp3) is 0.200. The maximum absolute atomic E-state index is 13.5. The summed E-state index contributed by atoms with van der Waals surface area (Å²) in [5.74, 6) is -0.110. The molecule has 2 unspecified atom stereocenters. The molecular formula is C20H12ClFN6O5. The number of anilines is 1.